The number of rotatable bonds is 6. The second kappa shape index (κ2) is 7.61. The molecule has 6 heteroatoms. The van der Waals surface area contributed by atoms with Crippen LogP contribution in [-0.2, 0) is 13.2 Å². The Balaban J connectivity index is 1.57. The molecule has 0 aliphatic rings. The number of carbonyl (C=O) groups excluding carboxylic acids is 1. The standard InChI is InChI=1S/C19H19N3O3/c1-13-5-3-6-14(2)18(13)24-12-16-9-17(22-25-16)19(23)21-11-15-7-4-8-20-10-15/h3-10H,11-12H2,1-2H3,(H,21,23). The molecule has 1 amide bonds. The second-order valence-electron chi connectivity index (χ2n) is 5.73. The largest absolute Gasteiger partial charge is 0.485 e. The van der Waals surface area contributed by atoms with Gasteiger partial charge in [-0.2, -0.15) is 0 Å². The number of pyridine rings is 1. The van der Waals surface area contributed by atoms with Gasteiger partial charge in [-0.05, 0) is 36.6 Å². The van der Waals surface area contributed by atoms with E-state index in [-0.39, 0.29) is 18.2 Å². The molecule has 0 aliphatic carbocycles. The number of benzene rings is 1. The van der Waals surface area contributed by atoms with E-state index in [0.717, 1.165) is 22.4 Å². The first-order valence-electron chi connectivity index (χ1n) is 7.95. The number of aryl methyl sites for hydroxylation is 2. The SMILES string of the molecule is Cc1cccc(C)c1OCc1cc(C(=O)NCc2cccnc2)no1. The van der Waals surface area contributed by atoms with Gasteiger partial charge in [-0.3, -0.25) is 9.78 Å². The van der Waals surface area contributed by atoms with Gasteiger partial charge >= 0.3 is 0 Å². The van der Waals surface area contributed by atoms with Crippen molar-refractivity contribution in [2.75, 3.05) is 0 Å². The van der Waals surface area contributed by atoms with E-state index in [1.807, 2.05) is 44.2 Å². The average Bonchev–Trinajstić information content (AvgIpc) is 3.09. The van der Waals surface area contributed by atoms with Gasteiger partial charge in [0.1, 0.15) is 12.4 Å². The van der Waals surface area contributed by atoms with Crippen molar-refractivity contribution in [2.24, 2.45) is 0 Å². The maximum atomic E-state index is 12.1. The lowest BCUT2D eigenvalue weighted by Crippen LogP contribution is -2.23. The van der Waals surface area contributed by atoms with E-state index in [0.29, 0.717) is 12.3 Å². The van der Waals surface area contributed by atoms with Crippen LogP contribution in [0.25, 0.3) is 0 Å². The molecule has 0 bridgehead atoms. The highest BCUT2D eigenvalue weighted by Gasteiger charge is 2.13. The van der Waals surface area contributed by atoms with Gasteiger partial charge in [-0.1, -0.05) is 29.4 Å². The van der Waals surface area contributed by atoms with Crippen LogP contribution in [0, 0.1) is 13.8 Å². The van der Waals surface area contributed by atoms with Gasteiger partial charge in [0.15, 0.2) is 11.5 Å². The Morgan fingerprint density at radius 2 is 2.00 bits per heavy atom. The van der Waals surface area contributed by atoms with Crippen molar-refractivity contribution in [1.82, 2.24) is 15.5 Å². The lowest BCUT2D eigenvalue weighted by Gasteiger charge is -2.09. The highest BCUT2D eigenvalue weighted by Crippen LogP contribution is 2.23. The van der Waals surface area contributed by atoms with Gasteiger partial charge in [-0.15, -0.1) is 0 Å². The van der Waals surface area contributed by atoms with E-state index in [9.17, 15) is 4.79 Å². The smallest absolute Gasteiger partial charge is 0.273 e. The van der Waals surface area contributed by atoms with Crippen LogP contribution in [0.3, 0.4) is 0 Å². The minimum absolute atomic E-state index is 0.217. The Bertz CT molecular complexity index is 839. The zero-order valence-electron chi connectivity index (χ0n) is 14.2. The third-order valence-corrected chi connectivity index (χ3v) is 3.73. The van der Waals surface area contributed by atoms with E-state index >= 15 is 0 Å². The quantitative estimate of drug-likeness (QED) is 0.747. The zero-order valence-corrected chi connectivity index (χ0v) is 14.2. The Labute approximate surface area is 145 Å². The van der Waals surface area contributed by atoms with Crippen LogP contribution in [-0.4, -0.2) is 16.0 Å². The van der Waals surface area contributed by atoms with Gasteiger partial charge in [-0.25, -0.2) is 0 Å². The molecule has 0 unspecified atom stereocenters. The Morgan fingerprint density at radius 1 is 1.20 bits per heavy atom. The topological polar surface area (TPSA) is 77.2 Å². The first-order chi connectivity index (χ1) is 12.1. The summed E-state index contributed by atoms with van der Waals surface area (Å²) in [6.07, 6.45) is 3.39. The Hall–Kier alpha value is -3.15. The molecule has 2 aromatic heterocycles. The average molecular weight is 337 g/mol. The van der Waals surface area contributed by atoms with E-state index < -0.39 is 0 Å². The lowest BCUT2D eigenvalue weighted by atomic mass is 10.1. The summed E-state index contributed by atoms with van der Waals surface area (Å²) in [5.74, 6) is 1.02. The van der Waals surface area contributed by atoms with Gasteiger partial charge in [0.25, 0.3) is 5.91 Å². The highest BCUT2D eigenvalue weighted by molar-refractivity contribution is 5.92. The summed E-state index contributed by atoms with van der Waals surface area (Å²) < 4.78 is 11.0. The number of aromatic nitrogens is 2. The lowest BCUT2D eigenvalue weighted by molar-refractivity contribution is 0.0941. The van der Waals surface area contributed by atoms with Crippen LogP contribution in [0.4, 0.5) is 0 Å². The van der Waals surface area contributed by atoms with Crippen molar-refractivity contribution in [3.63, 3.8) is 0 Å². The van der Waals surface area contributed by atoms with Crippen LogP contribution < -0.4 is 10.1 Å². The van der Waals surface area contributed by atoms with Crippen molar-refractivity contribution in [3.05, 3.63) is 76.9 Å². The summed E-state index contributed by atoms with van der Waals surface area (Å²) in [5.41, 5.74) is 3.24. The molecule has 3 aromatic rings. The molecule has 6 nitrogen and oxygen atoms in total. The first kappa shape index (κ1) is 16.7. The van der Waals surface area contributed by atoms with Crippen LogP contribution in [0.5, 0.6) is 5.75 Å². The van der Waals surface area contributed by atoms with Crippen LogP contribution in [0.1, 0.15) is 32.9 Å². The fraction of sp³-hybridized carbons (Fsp3) is 0.211. The minimum atomic E-state index is -0.300. The van der Waals surface area contributed by atoms with Crippen molar-refractivity contribution < 1.29 is 14.1 Å². The molecule has 0 saturated carbocycles. The Morgan fingerprint density at radius 3 is 2.72 bits per heavy atom. The number of nitrogens with one attached hydrogen (secondary N) is 1. The molecule has 0 atom stereocenters. The number of para-hydroxylation sites is 1. The van der Waals surface area contributed by atoms with Crippen LogP contribution in [0.15, 0.2) is 53.3 Å². The van der Waals surface area contributed by atoms with E-state index in [1.54, 1.807) is 18.5 Å². The molecule has 1 aromatic carbocycles. The predicted molar refractivity (Wildman–Crippen MR) is 92.2 cm³/mol. The maximum Gasteiger partial charge on any atom is 0.273 e. The maximum absolute atomic E-state index is 12.1. The van der Waals surface area contributed by atoms with Crippen molar-refractivity contribution in [1.29, 1.82) is 0 Å². The van der Waals surface area contributed by atoms with Crippen molar-refractivity contribution >= 4 is 5.91 Å². The number of carbonyl (C=O) groups is 1. The van der Waals surface area contributed by atoms with Crippen LogP contribution >= 0.6 is 0 Å². The molecule has 1 N–H and O–H groups in total. The Kier molecular flexibility index (Phi) is 5.09. The van der Waals surface area contributed by atoms with Gasteiger partial charge in [0.2, 0.25) is 0 Å². The zero-order chi connectivity index (χ0) is 17.6. The number of nitrogens with zero attached hydrogens (tertiary/aromatic N) is 2. The molecule has 2 heterocycles. The minimum Gasteiger partial charge on any atom is -0.485 e. The fourth-order valence-electron chi connectivity index (χ4n) is 2.43. The second-order valence-corrected chi connectivity index (χ2v) is 5.73. The fourth-order valence-corrected chi connectivity index (χ4v) is 2.43. The van der Waals surface area contributed by atoms with Crippen LogP contribution in [0.2, 0.25) is 0 Å². The molecule has 0 aliphatic heterocycles. The number of ether oxygens (including phenoxy) is 1. The number of hydrogen-bond acceptors (Lipinski definition) is 5. The molecule has 0 fully saturated rings. The normalized spacial score (nSPS) is 10.5. The van der Waals surface area contributed by atoms with E-state index in [1.165, 1.54) is 0 Å². The molecule has 0 radical (unpaired) electrons. The highest BCUT2D eigenvalue weighted by atomic mass is 16.5. The van der Waals surface area contributed by atoms with Gasteiger partial charge < -0.3 is 14.6 Å². The molecular weight excluding hydrogens is 318 g/mol. The summed E-state index contributed by atoms with van der Waals surface area (Å²) in [6.45, 7) is 4.57. The van der Waals surface area contributed by atoms with E-state index in [2.05, 4.69) is 15.5 Å². The summed E-state index contributed by atoms with van der Waals surface area (Å²) in [6, 6.07) is 11.3. The van der Waals surface area contributed by atoms with Gasteiger partial charge in [0.05, 0.1) is 0 Å². The molecule has 3 rings (SSSR count). The number of amides is 1. The van der Waals surface area contributed by atoms with Crippen molar-refractivity contribution in [3.8, 4) is 5.75 Å². The summed E-state index contributed by atoms with van der Waals surface area (Å²) in [7, 11) is 0. The first-order valence-corrected chi connectivity index (χ1v) is 7.95. The number of hydrogen-bond donors (Lipinski definition) is 1. The third-order valence-electron chi connectivity index (χ3n) is 3.73. The predicted octanol–water partition coefficient (Wildman–Crippen LogP) is 3.20. The monoisotopic (exact) mass is 337 g/mol. The summed E-state index contributed by atoms with van der Waals surface area (Å²) in [4.78, 5) is 16.1. The molecule has 0 saturated heterocycles. The third kappa shape index (κ3) is 4.23. The molecule has 128 valence electrons. The van der Waals surface area contributed by atoms with E-state index in [4.69, 9.17) is 9.26 Å². The summed E-state index contributed by atoms with van der Waals surface area (Å²) >= 11 is 0. The summed E-state index contributed by atoms with van der Waals surface area (Å²) in [5, 5.41) is 6.58. The van der Waals surface area contributed by atoms with Gasteiger partial charge in [0, 0.05) is 25.0 Å². The molecule has 0 spiro atoms. The molecule has 25 heavy (non-hydrogen) atoms. The molecular formula is C19H19N3O3. The van der Waals surface area contributed by atoms with Crippen molar-refractivity contribution in [2.45, 2.75) is 27.0 Å².